The summed E-state index contributed by atoms with van der Waals surface area (Å²) in [5.41, 5.74) is 0.552. The second kappa shape index (κ2) is 8.59. The van der Waals surface area contributed by atoms with Crippen LogP contribution < -0.4 is 0 Å². The van der Waals surface area contributed by atoms with Crippen LogP contribution in [0.1, 0.15) is 52.4 Å². The largest absolute Gasteiger partial charge is 0.354 e. The van der Waals surface area contributed by atoms with E-state index in [9.17, 15) is 0 Å². The summed E-state index contributed by atoms with van der Waals surface area (Å²) in [5, 5.41) is 0. The van der Waals surface area contributed by atoms with E-state index in [0.717, 1.165) is 0 Å². The molecule has 3 nitrogen and oxygen atoms in total. The van der Waals surface area contributed by atoms with E-state index in [0.29, 0.717) is 5.54 Å². The molecule has 2 N–H and O–H groups in total. The highest BCUT2D eigenvalue weighted by atomic mass is 31.2. The summed E-state index contributed by atoms with van der Waals surface area (Å²) in [6.45, 7) is 8.59. The molecule has 0 saturated carbocycles. The maximum absolute atomic E-state index is 9.02. The lowest BCUT2D eigenvalue weighted by Gasteiger charge is -2.32. The van der Waals surface area contributed by atoms with Gasteiger partial charge in [-0.3, -0.25) is 0 Å². The second-order valence-electron chi connectivity index (χ2n) is 4.93. The van der Waals surface area contributed by atoms with E-state index in [1.165, 1.54) is 38.5 Å². The zero-order valence-electron chi connectivity index (χ0n) is 11.1. The first-order chi connectivity index (χ1) is 7.44. The molecule has 0 heterocycles. The lowest BCUT2D eigenvalue weighted by atomic mass is 10.1. The first kappa shape index (κ1) is 16.5. The monoisotopic (exact) mass is 266 g/mol. The molecule has 0 aliphatic rings. The Morgan fingerprint density at radius 2 is 1.50 bits per heavy atom. The molecule has 0 aliphatic carbocycles. The molecule has 0 amide bonds. The molecule has 0 fully saturated rings. The van der Waals surface area contributed by atoms with Gasteiger partial charge in [0.15, 0.2) is 0 Å². The quantitative estimate of drug-likeness (QED) is 0.486. The summed E-state index contributed by atoms with van der Waals surface area (Å²) in [6.07, 6.45) is 7.14. The molecule has 0 aromatic heterocycles. The lowest BCUT2D eigenvalue weighted by molar-refractivity contribution is 0.361. The Kier molecular flexibility index (Phi) is 8.88. The van der Waals surface area contributed by atoms with Gasteiger partial charge in [-0.15, -0.1) is 0 Å². The Labute approximate surface area is 102 Å². The Balaban J connectivity index is 4.32. The van der Waals surface area contributed by atoms with Gasteiger partial charge in [0.05, 0.1) is 0 Å². The van der Waals surface area contributed by atoms with Crippen molar-refractivity contribution in [1.29, 1.82) is 0 Å². The maximum Gasteiger partial charge on any atom is 0.316 e. The van der Waals surface area contributed by atoms with Crippen LogP contribution in [0.25, 0.3) is 0 Å². The summed E-state index contributed by atoms with van der Waals surface area (Å²) >= 11 is 0. The SMILES string of the molecule is CCCCC(CCCC)[Si](C)(C)OP(O)O. The van der Waals surface area contributed by atoms with Crippen LogP contribution in [0.2, 0.25) is 18.6 Å². The molecule has 0 unspecified atom stereocenters. The molecule has 0 radical (unpaired) electrons. The van der Waals surface area contributed by atoms with Crippen LogP contribution in [-0.2, 0) is 4.21 Å². The highest BCUT2D eigenvalue weighted by Crippen LogP contribution is 2.40. The van der Waals surface area contributed by atoms with Crippen LogP contribution in [0.5, 0.6) is 0 Å². The molecule has 98 valence electrons. The first-order valence-corrected chi connectivity index (χ1v) is 10.5. The molecular weight excluding hydrogens is 239 g/mol. The Morgan fingerprint density at radius 3 is 1.81 bits per heavy atom. The minimum atomic E-state index is -2.19. The van der Waals surface area contributed by atoms with E-state index < -0.39 is 16.9 Å². The summed E-state index contributed by atoms with van der Waals surface area (Å²) in [6, 6.07) is 0. The molecular formula is C11H27O3PSi. The summed E-state index contributed by atoms with van der Waals surface area (Å²) in [4.78, 5) is 18.0. The van der Waals surface area contributed by atoms with Gasteiger partial charge in [0.25, 0.3) is 0 Å². The van der Waals surface area contributed by atoms with Crippen LogP contribution in [0.3, 0.4) is 0 Å². The standard InChI is InChI=1S/C11H27O3PSi/c1-5-7-9-11(10-8-6-2)16(3,4)14-15(12)13/h11-13H,5-10H2,1-4H3. The Morgan fingerprint density at radius 1 is 1.06 bits per heavy atom. The van der Waals surface area contributed by atoms with Gasteiger partial charge >= 0.3 is 8.60 Å². The zero-order chi connectivity index (χ0) is 12.6. The number of rotatable bonds is 9. The van der Waals surface area contributed by atoms with Gasteiger partial charge in [0.2, 0.25) is 8.32 Å². The van der Waals surface area contributed by atoms with Crippen molar-refractivity contribution in [3.05, 3.63) is 0 Å². The molecule has 0 saturated heterocycles. The lowest BCUT2D eigenvalue weighted by Crippen LogP contribution is -2.35. The van der Waals surface area contributed by atoms with Gasteiger partial charge in [-0.2, -0.15) is 0 Å². The first-order valence-electron chi connectivity index (χ1n) is 6.31. The number of hydrogen-bond acceptors (Lipinski definition) is 3. The normalized spacial score (nSPS) is 12.8. The molecule has 5 heteroatoms. The van der Waals surface area contributed by atoms with E-state index in [1.807, 2.05) is 0 Å². The van der Waals surface area contributed by atoms with Crippen molar-refractivity contribution in [3.8, 4) is 0 Å². The van der Waals surface area contributed by atoms with E-state index in [4.69, 9.17) is 14.0 Å². The van der Waals surface area contributed by atoms with Gasteiger partial charge < -0.3 is 14.0 Å². The van der Waals surface area contributed by atoms with Crippen molar-refractivity contribution in [2.45, 2.75) is 71.0 Å². The summed E-state index contributed by atoms with van der Waals surface area (Å²) in [5.74, 6) is 0. The average Bonchev–Trinajstić information content (AvgIpc) is 2.15. The third kappa shape index (κ3) is 6.97. The second-order valence-corrected chi connectivity index (χ2v) is 10.2. The van der Waals surface area contributed by atoms with Crippen LogP contribution in [0.15, 0.2) is 0 Å². The Bertz CT molecular complexity index is 169. The van der Waals surface area contributed by atoms with Crippen molar-refractivity contribution in [3.63, 3.8) is 0 Å². The van der Waals surface area contributed by atoms with Crippen molar-refractivity contribution in [1.82, 2.24) is 0 Å². The third-order valence-electron chi connectivity index (χ3n) is 3.11. The molecule has 0 aromatic rings. The van der Waals surface area contributed by atoms with Crippen LogP contribution in [0.4, 0.5) is 0 Å². The van der Waals surface area contributed by atoms with E-state index in [-0.39, 0.29) is 0 Å². The van der Waals surface area contributed by atoms with E-state index in [2.05, 4.69) is 26.9 Å². The molecule has 0 rings (SSSR count). The van der Waals surface area contributed by atoms with Crippen LogP contribution in [-0.4, -0.2) is 18.1 Å². The van der Waals surface area contributed by atoms with Crippen molar-refractivity contribution in [2.75, 3.05) is 0 Å². The molecule has 0 bridgehead atoms. The average molecular weight is 266 g/mol. The van der Waals surface area contributed by atoms with Crippen molar-refractivity contribution < 1.29 is 14.0 Å². The van der Waals surface area contributed by atoms with Crippen molar-refractivity contribution >= 4 is 16.9 Å². The molecule has 0 spiro atoms. The molecule has 0 aliphatic heterocycles. The zero-order valence-corrected chi connectivity index (χ0v) is 13.0. The maximum atomic E-state index is 9.02. The van der Waals surface area contributed by atoms with Gasteiger partial charge in [0.1, 0.15) is 0 Å². The predicted molar refractivity (Wildman–Crippen MR) is 72.7 cm³/mol. The molecule has 0 atom stereocenters. The van der Waals surface area contributed by atoms with Crippen molar-refractivity contribution in [2.24, 2.45) is 0 Å². The topological polar surface area (TPSA) is 49.7 Å². The minimum absolute atomic E-state index is 0.552. The fourth-order valence-electron chi connectivity index (χ4n) is 2.03. The van der Waals surface area contributed by atoms with Gasteiger partial charge in [-0.05, 0) is 18.6 Å². The van der Waals surface area contributed by atoms with Gasteiger partial charge in [0, 0.05) is 0 Å². The van der Waals surface area contributed by atoms with E-state index in [1.54, 1.807) is 0 Å². The Hall–Kier alpha value is 0.527. The number of unbranched alkanes of at least 4 members (excludes halogenated alkanes) is 2. The highest BCUT2D eigenvalue weighted by Gasteiger charge is 2.35. The number of hydrogen-bond donors (Lipinski definition) is 2. The van der Waals surface area contributed by atoms with Crippen LogP contribution in [0, 0.1) is 0 Å². The fraction of sp³-hybridized carbons (Fsp3) is 1.00. The minimum Gasteiger partial charge on any atom is -0.354 e. The van der Waals surface area contributed by atoms with Crippen LogP contribution >= 0.6 is 8.60 Å². The summed E-state index contributed by atoms with van der Waals surface area (Å²) in [7, 11) is -4.13. The molecule has 16 heavy (non-hydrogen) atoms. The smallest absolute Gasteiger partial charge is 0.316 e. The fourth-order valence-corrected chi connectivity index (χ4v) is 6.10. The van der Waals surface area contributed by atoms with E-state index >= 15 is 0 Å². The predicted octanol–water partition coefficient (Wildman–Crippen LogP) is 4.17. The summed E-state index contributed by atoms with van der Waals surface area (Å²) < 4.78 is 5.41. The van der Waals surface area contributed by atoms with Gasteiger partial charge in [-0.25, -0.2) is 0 Å². The van der Waals surface area contributed by atoms with Gasteiger partial charge in [-0.1, -0.05) is 52.4 Å². The highest BCUT2D eigenvalue weighted by molar-refractivity contribution is 7.41. The molecule has 0 aromatic carbocycles. The third-order valence-corrected chi connectivity index (χ3v) is 8.19.